The topological polar surface area (TPSA) is 73.5 Å². The van der Waals surface area contributed by atoms with Crippen LogP contribution in [0.25, 0.3) is 0 Å². The van der Waals surface area contributed by atoms with Crippen molar-refractivity contribution >= 4 is 45.3 Å². The summed E-state index contributed by atoms with van der Waals surface area (Å²) >= 11 is 2.92. The van der Waals surface area contributed by atoms with E-state index in [1.54, 1.807) is 23.5 Å². The van der Waals surface area contributed by atoms with Crippen LogP contribution >= 0.6 is 22.7 Å². The molecular weight excluding hydrogens is 392 g/mol. The van der Waals surface area contributed by atoms with Gasteiger partial charge in [-0.15, -0.1) is 22.7 Å². The third-order valence-electron chi connectivity index (χ3n) is 4.05. The smallest absolute Gasteiger partial charge is 0.324 e. The standard InChI is InChI=1S/C20H22N4O2S2/c1-24(2)15(16-9-6-12-27-16)13-21-19(25)17-10-11-18(28-17)23-20(26)22-14-7-4-3-5-8-14/h3-12,15H,13H2,1-2H3,(H,21,25)(H2,22,23,26)/t15-/m0/s1. The van der Waals surface area contributed by atoms with Gasteiger partial charge in [-0.2, -0.15) is 0 Å². The van der Waals surface area contributed by atoms with E-state index in [0.717, 1.165) is 0 Å². The summed E-state index contributed by atoms with van der Waals surface area (Å²) < 4.78 is 0. The van der Waals surface area contributed by atoms with Gasteiger partial charge in [0.1, 0.15) is 0 Å². The minimum Gasteiger partial charge on any atom is -0.349 e. The minimum absolute atomic E-state index is 0.123. The highest BCUT2D eigenvalue weighted by Crippen LogP contribution is 2.24. The Morgan fingerprint density at radius 3 is 2.46 bits per heavy atom. The van der Waals surface area contributed by atoms with Crippen LogP contribution in [-0.4, -0.2) is 37.5 Å². The van der Waals surface area contributed by atoms with Crippen molar-refractivity contribution in [2.75, 3.05) is 31.3 Å². The lowest BCUT2D eigenvalue weighted by Crippen LogP contribution is -2.33. The molecule has 0 aliphatic heterocycles. The average Bonchev–Trinajstić information content (AvgIpc) is 3.34. The molecule has 2 aromatic heterocycles. The van der Waals surface area contributed by atoms with Gasteiger partial charge in [0.25, 0.3) is 5.91 Å². The zero-order valence-electron chi connectivity index (χ0n) is 15.6. The summed E-state index contributed by atoms with van der Waals surface area (Å²) in [6.45, 7) is 0.515. The molecule has 0 radical (unpaired) electrons. The maximum atomic E-state index is 12.5. The fourth-order valence-corrected chi connectivity index (χ4v) is 4.36. The van der Waals surface area contributed by atoms with Gasteiger partial charge < -0.3 is 15.5 Å². The molecule has 0 unspecified atom stereocenters. The zero-order chi connectivity index (χ0) is 19.9. The second kappa shape index (κ2) is 9.50. The van der Waals surface area contributed by atoms with Gasteiger partial charge >= 0.3 is 6.03 Å². The third kappa shape index (κ3) is 5.41. The molecule has 0 aliphatic rings. The van der Waals surface area contributed by atoms with Crippen molar-refractivity contribution < 1.29 is 9.59 Å². The van der Waals surface area contributed by atoms with Gasteiger partial charge in [-0.05, 0) is 49.8 Å². The summed E-state index contributed by atoms with van der Waals surface area (Å²) in [7, 11) is 3.99. The maximum Gasteiger partial charge on any atom is 0.324 e. The van der Waals surface area contributed by atoms with E-state index >= 15 is 0 Å². The van der Waals surface area contributed by atoms with Crippen molar-refractivity contribution in [1.82, 2.24) is 10.2 Å². The Morgan fingerprint density at radius 1 is 1.00 bits per heavy atom. The molecular formula is C20H22N4O2S2. The molecule has 3 N–H and O–H groups in total. The Kier molecular flexibility index (Phi) is 6.80. The monoisotopic (exact) mass is 414 g/mol. The summed E-state index contributed by atoms with van der Waals surface area (Å²) in [4.78, 5) is 28.4. The molecule has 0 saturated heterocycles. The molecule has 3 aromatic rings. The van der Waals surface area contributed by atoms with E-state index in [1.807, 2.05) is 55.9 Å². The molecule has 6 nitrogen and oxygen atoms in total. The highest BCUT2D eigenvalue weighted by Gasteiger charge is 2.17. The number of urea groups is 1. The Hall–Kier alpha value is -2.68. The van der Waals surface area contributed by atoms with E-state index in [4.69, 9.17) is 0 Å². The van der Waals surface area contributed by atoms with Crippen LogP contribution in [0, 0.1) is 0 Å². The van der Waals surface area contributed by atoms with Gasteiger partial charge in [-0.1, -0.05) is 24.3 Å². The van der Waals surface area contributed by atoms with Crippen LogP contribution in [-0.2, 0) is 0 Å². The molecule has 0 spiro atoms. The summed E-state index contributed by atoms with van der Waals surface area (Å²) in [5.74, 6) is -0.148. The predicted molar refractivity (Wildman–Crippen MR) is 116 cm³/mol. The summed E-state index contributed by atoms with van der Waals surface area (Å²) in [6, 6.07) is 16.5. The van der Waals surface area contributed by atoms with Crippen LogP contribution in [0.4, 0.5) is 15.5 Å². The Balaban J connectivity index is 1.54. The lowest BCUT2D eigenvalue weighted by molar-refractivity contribution is 0.0946. The normalized spacial score (nSPS) is 11.8. The summed E-state index contributed by atoms with van der Waals surface area (Å²) in [5, 5.41) is 11.1. The van der Waals surface area contributed by atoms with Crippen LogP contribution in [0.1, 0.15) is 20.6 Å². The molecule has 0 fully saturated rings. The summed E-state index contributed by atoms with van der Waals surface area (Å²) in [6.07, 6.45) is 0. The van der Waals surface area contributed by atoms with Crippen LogP contribution in [0.3, 0.4) is 0 Å². The van der Waals surface area contributed by atoms with Crippen LogP contribution < -0.4 is 16.0 Å². The number of nitrogens with one attached hydrogen (secondary N) is 3. The van der Waals surface area contributed by atoms with E-state index in [2.05, 4.69) is 26.9 Å². The van der Waals surface area contributed by atoms with Crippen molar-refractivity contribution in [3.8, 4) is 0 Å². The van der Waals surface area contributed by atoms with E-state index in [1.165, 1.54) is 16.2 Å². The highest BCUT2D eigenvalue weighted by molar-refractivity contribution is 7.18. The largest absolute Gasteiger partial charge is 0.349 e. The second-order valence-electron chi connectivity index (χ2n) is 6.31. The van der Waals surface area contributed by atoms with Gasteiger partial charge in [0.15, 0.2) is 0 Å². The first-order chi connectivity index (χ1) is 13.5. The summed E-state index contributed by atoms with van der Waals surface area (Å²) in [5.41, 5.74) is 0.706. The number of hydrogen-bond acceptors (Lipinski definition) is 5. The number of rotatable bonds is 7. The van der Waals surface area contributed by atoms with E-state index < -0.39 is 0 Å². The lowest BCUT2D eigenvalue weighted by Gasteiger charge is -2.23. The van der Waals surface area contributed by atoms with E-state index in [9.17, 15) is 9.59 Å². The first-order valence-electron chi connectivity index (χ1n) is 8.74. The number of para-hydroxylation sites is 1. The molecule has 146 valence electrons. The maximum absolute atomic E-state index is 12.5. The third-order valence-corrected chi connectivity index (χ3v) is 6.02. The fourth-order valence-electron chi connectivity index (χ4n) is 2.62. The van der Waals surface area contributed by atoms with Gasteiger partial charge in [-0.3, -0.25) is 10.1 Å². The van der Waals surface area contributed by atoms with E-state index in [-0.39, 0.29) is 18.0 Å². The first-order valence-corrected chi connectivity index (χ1v) is 10.4. The molecule has 2 heterocycles. The highest BCUT2D eigenvalue weighted by atomic mass is 32.1. The quantitative estimate of drug-likeness (QED) is 0.533. The molecule has 3 rings (SSSR count). The van der Waals surface area contributed by atoms with E-state index in [0.29, 0.717) is 22.1 Å². The Morgan fingerprint density at radius 2 is 1.79 bits per heavy atom. The number of benzene rings is 1. The molecule has 8 heteroatoms. The number of nitrogens with zero attached hydrogens (tertiary/aromatic N) is 1. The molecule has 28 heavy (non-hydrogen) atoms. The van der Waals surface area contributed by atoms with Crippen LogP contribution in [0.15, 0.2) is 60.0 Å². The molecule has 3 amide bonds. The van der Waals surface area contributed by atoms with Gasteiger partial charge in [0.2, 0.25) is 0 Å². The molecule has 1 atom stereocenters. The van der Waals surface area contributed by atoms with Crippen molar-refractivity contribution in [2.45, 2.75) is 6.04 Å². The van der Waals surface area contributed by atoms with Gasteiger partial charge in [-0.25, -0.2) is 4.79 Å². The van der Waals surface area contributed by atoms with Crippen molar-refractivity contribution in [3.63, 3.8) is 0 Å². The number of thiophene rings is 2. The predicted octanol–water partition coefficient (Wildman–Crippen LogP) is 4.49. The van der Waals surface area contributed by atoms with Crippen molar-refractivity contribution in [3.05, 3.63) is 69.7 Å². The van der Waals surface area contributed by atoms with Crippen LogP contribution in [0.5, 0.6) is 0 Å². The molecule has 1 aromatic carbocycles. The average molecular weight is 415 g/mol. The fraction of sp³-hybridized carbons (Fsp3) is 0.200. The lowest BCUT2D eigenvalue weighted by atomic mass is 10.2. The molecule has 0 aliphatic carbocycles. The van der Waals surface area contributed by atoms with Gasteiger partial charge in [0, 0.05) is 17.1 Å². The number of likely N-dealkylation sites (N-methyl/N-ethyl adjacent to an activating group) is 1. The number of amides is 3. The number of hydrogen-bond donors (Lipinski definition) is 3. The van der Waals surface area contributed by atoms with Crippen molar-refractivity contribution in [1.29, 1.82) is 0 Å². The molecule has 0 bridgehead atoms. The number of anilines is 2. The molecule has 0 saturated carbocycles. The minimum atomic E-state index is -0.342. The Labute approximate surface area is 172 Å². The van der Waals surface area contributed by atoms with Crippen LogP contribution in [0.2, 0.25) is 0 Å². The number of carbonyl (C=O) groups is 2. The first kappa shape index (κ1) is 20.1. The Bertz CT molecular complexity index is 907. The van der Waals surface area contributed by atoms with Gasteiger partial charge in [0.05, 0.1) is 15.9 Å². The second-order valence-corrected chi connectivity index (χ2v) is 8.38. The number of carbonyl (C=O) groups excluding carboxylic acids is 2. The zero-order valence-corrected chi connectivity index (χ0v) is 17.3. The van der Waals surface area contributed by atoms with Crippen molar-refractivity contribution in [2.24, 2.45) is 0 Å². The SMILES string of the molecule is CN(C)[C@@H](CNC(=O)c1ccc(NC(=O)Nc2ccccc2)s1)c1cccs1.